The summed E-state index contributed by atoms with van der Waals surface area (Å²) in [7, 11) is 0. The molecule has 6 heteroatoms. The summed E-state index contributed by atoms with van der Waals surface area (Å²) in [6.45, 7) is 0.629. The SMILES string of the molecule is O=Cc1ccc(OCCn2c(=O)oc3cccnc32)cc1. The molecule has 0 aliphatic carbocycles. The predicted molar refractivity (Wildman–Crippen MR) is 75.6 cm³/mol. The molecule has 0 bridgehead atoms. The molecule has 0 saturated heterocycles. The second-order valence-corrected chi connectivity index (χ2v) is 4.38. The third kappa shape index (κ3) is 2.69. The summed E-state index contributed by atoms with van der Waals surface area (Å²) in [6, 6.07) is 10.2. The minimum atomic E-state index is -0.455. The van der Waals surface area contributed by atoms with Gasteiger partial charge in [0.15, 0.2) is 11.2 Å². The molecule has 3 aromatic rings. The zero-order valence-corrected chi connectivity index (χ0v) is 11.1. The lowest BCUT2D eigenvalue weighted by atomic mass is 10.2. The number of pyridine rings is 1. The van der Waals surface area contributed by atoms with Crippen molar-refractivity contribution in [1.82, 2.24) is 9.55 Å². The Hall–Kier alpha value is -2.89. The molecule has 0 atom stereocenters. The van der Waals surface area contributed by atoms with Gasteiger partial charge in [0, 0.05) is 11.8 Å². The van der Waals surface area contributed by atoms with Crippen LogP contribution in [-0.4, -0.2) is 22.4 Å². The monoisotopic (exact) mass is 284 g/mol. The summed E-state index contributed by atoms with van der Waals surface area (Å²) in [6.07, 6.45) is 2.37. The van der Waals surface area contributed by atoms with Crippen LogP contribution < -0.4 is 10.5 Å². The van der Waals surface area contributed by atoms with Crippen molar-refractivity contribution in [2.24, 2.45) is 0 Å². The standard InChI is InChI=1S/C15H12N2O4/c18-10-11-3-5-12(6-4-11)20-9-8-17-14-13(21-15(17)19)2-1-7-16-14/h1-7,10H,8-9H2. The third-order valence-corrected chi connectivity index (χ3v) is 3.02. The Labute approximate surface area is 119 Å². The van der Waals surface area contributed by atoms with Gasteiger partial charge in [-0.05, 0) is 36.4 Å². The Bertz CT molecular complexity index is 818. The molecule has 2 aromatic heterocycles. The molecule has 0 N–H and O–H groups in total. The lowest BCUT2D eigenvalue weighted by molar-refractivity contribution is 0.112. The number of fused-ring (bicyclic) bond motifs is 1. The lowest BCUT2D eigenvalue weighted by Gasteiger charge is -2.06. The van der Waals surface area contributed by atoms with Crippen LogP contribution >= 0.6 is 0 Å². The molecule has 3 rings (SSSR count). The van der Waals surface area contributed by atoms with Crippen LogP contribution in [0.5, 0.6) is 5.75 Å². The quantitative estimate of drug-likeness (QED) is 0.669. The zero-order chi connectivity index (χ0) is 14.7. The van der Waals surface area contributed by atoms with E-state index in [1.165, 1.54) is 4.57 Å². The number of aromatic nitrogens is 2. The lowest BCUT2D eigenvalue weighted by Crippen LogP contribution is -2.19. The molecule has 21 heavy (non-hydrogen) atoms. The molecule has 0 amide bonds. The van der Waals surface area contributed by atoms with Gasteiger partial charge in [0.05, 0.1) is 6.54 Å². The fraction of sp³-hybridized carbons (Fsp3) is 0.133. The molecule has 6 nitrogen and oxygen atoms in total. The van der Waals surface area contributed by atoms with Crippen molar-refractivity contribution in [3.05, 3.63) is 58.7 Å². The summed E-state index contributed by atoms with van der Waals surface area (Å²) in [5.74, 6) is 0.179. The predicted octanol–water partition coefficient (Wildman–Crippen LogP) is 1.88. The van der Waals surface area contributed by atoms with Crippen molar-refractivity contribution in [1.29, 1.82) is 0 Å². The topological polar surface area (TPSA) is 74.3 Å². The Kier molecular flexibility index (Phi) is 3.51. The van der Waals surface area contributed by atoms with Gasteiger partial charge in [-0.1, -0.05) is 0 Å². The average molecular weight is 284 g/mol. The van der Waals surface area contributed by atoms with Crippen molar-refractivity contribution in [2.75, 3.05) is 6.61 Å². The first-order chi connectivity index (χ1) is 10.3. The number of hydrogen-bond acceptors (Lipinski definition) is 5. The van der Waals surface area contributed by atoms with Crippen LogP contribution in [0.15, 0.2) is 51.8 Å². The number of nitrogens with zero attached hydrogens (tertiary/aromatic N) is 2. The van der Waals surface area contributed by atoms with Gasteiger partial charge in [-0.3, -0.25) is 9.36 Å². The van der Waals surface area contributed by atoms with E-state index in [4.69, 9.17) is 9.15 Å². The molecule has 0 spiro atoms. The van der Waals surface area contributed by atoms with Crippen LogP contribution in [-0.2, 0) is 6.54 Å². The molecule has 0 aliphatic rings. The highest BCUT2D eigenvalue weighted by atomic mass is 16.5. The molecule has 0 unspecified atom stereocenters. The van der Waals surface area contributed by atoms with Crippen molar-refractivity contribution >= 4 is 17.5 Å². The highest BCUT2D eigenvalue weighted by molar-refractivity contribution is 5.74. The maximum atomic E-state index is 11.7. The summed E-state index contributed by atoms with van der Waals surface area (Å²) in [5, 5.41) is 0. The Balaban J connectivity index is 1.70. The minimum absolute atomic E-state index is 0.297. The van der Waals surface area contributed by atoms with Gasteiger partial charge >= 0.3 is 5.76 Å². The van der Waals surface area contributed by atoms with Gasteiger partial charge in [-0.15, -0.1) is 0 Å². The van der Waals surface area contributed by atoms with E-state index >= 15 is 0 Å². The van der Waals surface area contributed by atoms with Crippen LogP contribution in [0, 0.1) is 0 Å². The number of oxazole rings is 1. The highest BCUT2D eigenvalue weighted by Gasteiger charge is 2.09. The zero-order valence-electron chi connectivity index (χ0n) is 11.1. The maximum absolute atomic E-state index is 11.7. The molecule has 2 heterocycles. The minimum Gasteiger partial charge on any atom is -0.492 e. The number of hydrogen-bond donors (Lipinski definition) is 0. The van der Waals surface area contributed by atoms with E-state index in [0.717, 1.165) is 6.29 Å². The van der Waals surface area contributed by atoms with Gasteiger partial charge in [0.25, 0.3) is 0 Å². The van der Waals surface area contributed by atoms with Crippen molar-refractivity contribution < 1.29 is 13.9 Å². The summed E-state index contributed by atoms with van der Waals surface area (Å²) < 4.78 is 12.0. The van der Waals surface area contributed by atoms with Crippen molar-refractivity contribution in [3.8, 4) is 5.75 Å². The third-order valence-electron chi connectivity index (χ3n) is 3.02. The summed E-state index contributed by atoms with van der Waals surface area (Å²) in [5.41, 5.74) is 1.55. The van der Waals surface area contributed by atoms with Gasteiger partial charge in [0.2, 0.25) is 0 Å². The molecule has 0 aliphatic heterocycles. The summed E-state index contributed by atoms with van der Waals surface area (Å²) >= 11 is 0. The van der Waals surface area contributed by atoms with Crippen molar-refractivity contribution in [2.45, 2.75) is 6.54 Å². The number of carbonyl (C=O) groups is 1. The van der Waals surface area contributed by atoms with Crippen LogP contribution in [0.25, 0.3) is 11.2 Å². The second-order valence-electron chi connectivity index (χ2n) is 4.38. The number of benzene rings is 1. The van der Waals surface area contributed by atoms with Crippen LogP contribution in [0.4, 0.5) is 0 Å². The smallest absolute Gasteiger partial charge is 0.421 e. The van der Waals surface area contributed by atoms with Gasteiger partial charge < -0.3 is 9.15 Å². The van der Waals surface area contributed by atoms with E-state index in [-0.39, 0.29) is 0 Å². The van der Waals surface area contributed by atoms with Gasteiger partial charge in [-0.2, -0.15) is 0 Å². The average Bonchev–Trinajstić information content (AvgIpc) is 2.84. The molecule has 1 aromatic carbocycles. The molecule has 0 radical (unpaired) electrons. The van der Waals surface area contributed by atoms with Crippen LogP contribution in [0.1, 0.15) is 10.4 Å². The van der Waals surface area contributed by atoms with E-state index in [1.54, 1.807) is 42.6 Å². The van der Waals surface area contributed by atoms with Crippen LogP contribution in [0.3, 0.4) is 0 Å². The first kappa shape index (κ1) is 13.1. The van der Waals surface area contributed by atoms with Crippen molar-refractivity contribution in [3.63, 3.8) is 0 Å². The van der Waals surface area contributed by atoms with Gasteiger partial charge in [0.1, 0.15) is 18.6 Å². The molecule has 0 saturated carbocycles. The van der Waals surface area contributed by atoms with Crippen LogP contribution in [0.2, 0.25) is 0 Å². The first-order valence-corrected chi connectivity index (χ1v) is 6.40. The summed E-state index contributed by atoms with van der Waals surface area (Å²) in [4.78, 5) is 26.4. The number of aldehydes is 1. The number of rotatable bonds is 5. The Morgan fingerprint density at radius 1 is 1.24 bits per heavy atom. The fourth-order valence-corrected chi connectivity index (χ4v) is 1.99. The van der Waals surface area contributed by atoms with Gasteiger partial charge in [-0.25, -0.2) is 9.78 Å². The van der Waals surface area contributed by atoms with E-state index in [1.807, 2.05) is 0 Å². The molecular formula is C15H12N2O4. The second kappa shape index (κ2) is 5.62. The Morgan fingerprint density at radius 2 is 2.05 bits per heavy atom. The van der Waals surface area contributed by atoms with E-state index < -0.39 is 5.76 Å². The normalized spacial score (nSPS) is 10.7. The van der Waals surface area contributed by atoms with E-state index in [2.05, 4.69) is 4.98 Å². The first-order valence-electron chi connectivity index (χ1n) is 6.40. The molecular weight excluding hydrogens is 272 g/mol. The van der Waals surface area contributed by atoms with E-state index in [0.29, 0.717) is 35.7 Å². The Morgan fingerprint density at radius 3 is 2.81 bits per heavy atom. The largest absolute Gasteiger partial charge is 0.492 e. The number of carbonyl (C=O) groups excluding carboxylic acids is 1. The number of ether oxygens (including phenoxy) is 1. The fourth-order valence-electron chi connectivity index (χ4n) is 1.99. The maximum Gasteiger partial charge on any atom is 0.421 e. The van der Waals surface area contributed by atoms with E-state index in [9.17, 15) is 9.59 Å². The highest BCUT2D eigenvalue weighted by Crippen LogP contribution is 2.12. The molecule has 0 fully saturated rings. The molecule has 106 valence electrons.